The van der Waals surface area contributed by atoms with E-state index in [2.05, 4.69) is 27.4 Å². The Hall–Kier alpha value is -1.71. The monoisotopic (exact) mass is 410 g/mol. The number of Topliss-reactive ketones (excluding diaryl/α,β-unsaturated/α-hetero) is 1. The van der Waals surface area contributed by atoms with Crippen LogP contribution in [0.4, 0.5) is 5.13 Å². The van der Waals surface area contributed by atoms with Crippen LogP contribution in [0.3, 0.4) is 0 Å². The van der Waals surface area contributed by atoms with Crippen molar-refractivity contribution in [2.75, 3.05) is 17.6 Å². The summed E-state index contributed by atoms with van der Waals surface area (Å²) in [6, 6.07) is 3.69. The first-order valence-electron chi connectivity index (χ1n) is 8.01. The van der Waals surface area contributed by atoms with Crippen molar-refractivity contribution >= 4 is 51.3 Å². The maximum Gasteiger partial charge on any atom is 0.225 e. The highest BCUT2D eigenvalue weighted by Gasteiger charge is 2.21. The van der Waals surface area contributed by atoms with E-state index >= 15 is 0 Å². The zero-order valence-electron chi connectivity index (χ0n) is 15.0. The van der Waals surface area contributed by atoms with Crippen LogP contribution in [0.25, 0.3) is 0 Å². The zero-order valence-corrected chi connectivity index (χ0v) is 17.4. The standard InChI is InChI=1S/C17H22N4O2S3/c1-5-8-18-15-20-21-16(26-15)24-10-12(22)13-7-6-11(25-13)9-19-14(23)17(2,3)4/h5-7H,1,8-10H2,2-4H3,(H,18,20)(H,19,23). The maximum atomic E-state index is 12.3. The number of rotatable bonds is 9. The third kappa shape index (κ3) is 6.22. The van der Waals surface area contributed by atoms with Gasteiger partial charge in [0.15, 0.2) is 10.1 Å². The number of hydrogen-bond donors (Lipinski definition) is 2. The third-order valence-corrected chi connectivity index (χ3v) is 6.31. The van der Waals surface area contributed by atoms with Crippen molar-refractivity contribution in [2.45, 2.75) is 31.7 Å². The lowest BCUT2D eigenvalue weighted by Crippen LogP contribution is -2.34. The number of hydrogen-bond acceptors (Lipinski definition) is 8. The Balaban J connectivity index is 1.83. The highest BCUT2D eigenvalue weighted by molar-refractivity contribution is 8.01. The second-order valence-electron chi connectivity index (χ2n) is 6.45. The molecule has 0 fully saturated rings. The molecule has 0 aliphatic rings. The average molecular weight is 411 g/mol. The van der Waals surface area contributed by atoms with Crippen molar-refractivity contribution in [2.24, 2.45) is 5.41 Å². The van der Waals surface area contributed by atoms with Gasteiger partial charge in [-0.05, 0) is 12.1 Å². The molecule has 2 heterocycles. The predicted octanol–water partition coefficient (Wildman–Crippen LogP) is 3.83. The van der Waals surface area contributed by atoms with Crippen molar-refractivity contribution in [3.05, 3.63) is 34.5 Å². The van der Waals surface area contributed by atoms with Gasteiger partial charge in [0.25, 0.3) is 0 Å². The molecule has 0 saturated heterocycles. The fourth-order valence-electron chi connectivity index (χ4n) is 1.75. The van der Waals surface area contributed by atoms with E-state index < -0.39 is 5.41 Å². The number of aromatic nitrogens is 2. The van der Waals surface area contributed by atoms with Crippen molar-refractivity contribution in [1.82, 2.24) is 15.5 Å². The van der Waals surface area contributed by atoms with Gasteiger partial charge >= 0.3 is 0 Å². The fraction of sp³-hybridized carbons (Fsp3) is 0.412. The summed E-state index contributed by atoms with van der Waals surface area (Å²) in [4.78, 5) is 25.9. The van der Waals surface area contributed by atoms with Crippen LogP contribution in [0.2, 0.25) is 0 Å². The molecule has 26 heavy (non-hydrogen) atoms. The second-order valence-corrected chi connectivity index (χ2v) is 9.82. The molecule has 0 radical (unpaired) electrons. The van der Waals surface area contributed by atoms with Gasteiger partial charge in [-0.2, -0.15) is 0 Å². The van der Waals surface area contributed by atoms with E-state index in [4.69, 9.17) is 0 Å². The average Bonchev–Trinajstić information content (AvgIpc) is 3.24. The van der Waals surface area contributed by atoms with E-state index in [1.807, 2.05) is 32.9 Å². The Bertz CT molecular complexity index is 777. The summed E-state index contributed by atoms with van der Waals surface area (Å²) in [5.41, 5.74) is -0.423. The number of carbonyl (C=O) groups excluding carboxylic acids is 2. The molecular formula is C17H22N4O2S3. The first kappa shape index (κ1) is 20.6. The molecule has 0 aliphatic heterocycles. The molecule has 0 aromatic carbocycles. The molecule has 2 aromatic rings. The van der Waals surface area contributed by atoms with Gasteiger partial charge in [0, 0.05) is 16.8 Å². The van der Waals surface area contributed by atoms with E-state index in [9.17, 15) is 9.59 Å². The van der Waals surface area contributed by atoms with Gasteiger partial charge in [-0.25, -0.2) is 0 Å². The molecular weight excluding hydrogens is 388 g/mol. The normalized spacial score (nSPS) is 11.2. The van der Waals surface area contributed by atoms with Gasteiger partial charge in [0.05, 0.1) is 17.2 Å². The number of thioether (sulfide) groups is 1. The van der Waals surface area contributed by atoms with Crippen LogP contribution in [0.15, 0.2) is 29.1 Å². The van der Waals surface area contributed by atoms with Crippen LogP contribution in [-0.2, 0) is 11.3 Å². The van der Waals surface area contributed by atoms with Crippen LogP contribution in [0.1, 0.15) is 35.3 Å². The molecule has 2 rings (SSSR count). The predicted molar refractivity (Wildman–Crippen MR) is 109 cm³/mol. The molecule has 6 nitrogen and oxygen atoms in total. The molecule has 0 unspecified atom stereocenters. The first-order valence-corrected chi connectivity index (χ1v) is 10.6. The van der Waals surface area contributed by atoms with Crippen LogP contribution in [-0.4, -0.2) is 34.2 Å². The number of anilines is 1. The van der Waals surface area contributed by atoms with Crippen molar-refractivity contribution < 1.29 is 9.59 Å². The summed E-state index contributed by atoms with van der Waals surface area (Å²) in [5, 5.41) is 14.7. The summed E-state index contributed by atoms with van der Waals surface area (Å²) in [6.45, 7) is 10.3. The fourth-order valence-corrected chi connectivity index (χ4v) is 4.37. The van der Waals surface area contributed by atoms with Gasteiger partial charge in [-0.1, -0.05) is 49.9 Å². The zero-order chi connectivity index (χ0) is 19.2. The van der Waals surface area contributed by atoms with Gasteiger partial charge in [-0.3, -0.25) is 9.59 Å². The Morgan fingerprint density at radius 3 is 2.73 bits per heavy atom. The number of amides is 1. The maximum absolute atomic E-state index is 12.3. The van der Waals surface area contributed by atoms with Gasteiger partial charge in [0.2, 0.25) is 11.0 Å². The van der Waals surface area contributed by atoms with Gasteiger partial charge in [-0.15, -0.1) is 28.1 Å². The largest absolute Gasteiger partial charge is 0.357 e. The van der Waals surface area contributed by atoms with Crippen LogP contribution in [0, 0.1) is 5.41 Å². The summed E-state index contributed by atoms with van der Waals surface area (Å²) < 4.78 is 0.749. The Morgan fingerprint density at radius 2 is 2.04 bits per heavy atom. The van der Waals surface area contributed by atoms with Gasteiger partial charge < -0.3 is 10.6 Å². The van der Waals surface area contributed by atoms with E-state index in [1.54, 1.807) is 6.08 Å². The molecule has 0 spiro atoms. The van der Waals surface area contributed by atoms with Crippen molar-refractivity contribution in [3.8, 4) is 0 Å². The smallest absolute Gasteiger partial charge is 0.225 e. The van der Waals surface area contributed by atoms with E-state index in [0.29, 0.717) is 28.9 Å². The van der Waals surface area contributed by atoms with Crippen LogP contribution >= 0.6 is 34.4 Å². The molecule has 1 amide bonds. The van der Waals surface area contributed by atoms with E-state index in [-0.39, 0.29) is 11.7 Å². The summed E-state index contributed by atoms with van der Waals surface area (Å²) in [7, 11) is 0. The Kier molecular flexibility index (Phi) is 7.36. The number of ketones is 1. The molecule has 2 N–H and O–H groups in total. The summed E-state index contributed by atoms with van der Waals surface area (Å²) >= 11 is 4.20. The number of carbonyl (C=O) groups is 2. The van der Waals surface area contributed by atoms with Crippen LogP contribution in [0.5, 0.6) is 0 Å². The summed E-state index contributed by atoms with van der Waals surface area (Å²) in [6.07, 6.45) is 1.75. The number of thiophene rings is 1. The van der Waals surface area contributed by atoms with Crippen molar-refractivity contribution in [1.29, 1.82) is 0 Å². The lowest BCUT2D eigenvalue weighted by molar-refractivity contribution is -0.128. The third-order valence-electron chi connectivity index (χ3n) is 3.17. The topological polar surface area (TPSA) is 84.0 Å². The minimum absolute atomic E-state index is 0.00790. The molecule has 9 heteroatoms. The lowest BCUT2D eigenvalue weighted by atomic mass is 9.96. The highest BCUT2D eigenvalue weighted by atomic mass is 32.2. The minimum Gasteiger partial charge on any atom is -0.357 e. The molecule has 2 aromatic heterocycles. The Morgan fingerprint density at radius 1 is 1.27 bits per heavy atom. The molecule has 0 atom stereocenters. The molecule has 140 valence electrons. The lowest BCUT2D eigenvalue weighted by Gasteiger charge is -2.17. The van der Waals surface area contributed by atoms with Crippen LogP contribution < -0.4 is 10.6 Å². The quantitative estimate of drug-likeness (QED) is 0.371. The van der Waals surface area contributed by atoms with E-state index in [0.717, 1.165) is 9.22 Å². The number of nitrogens with one attached hydrogen (secondary N) is 2. The SMILES string of the molecule is C=CCNc1nnc(SCC(=O)c2ccc(CNC(=O)C(C)(C)C)s2)s1. The molecule has 0 aliphatic carbocycles. The van der Waals surface area contributed by atoms with Crippen molar-refractivity contribution in [3.63, 3.8) is 0 Å². The first-order chi connectivity index (χ1) is 12.3. The minimum atomic E-state index is -0.423. The Labute approximate surface area is 165 Å². The molecule has 0 saturated carbocycles. The van der Waals surface area contributed by atoms with Gasteiger partial charge in [0.1, 0.15) is 0 Å². The van der Waals surface area contributed by atoms with E-state index in [1.165, 1.54) is 34.4 Å². The highest BCUT2D eigenvalue weighted by Crippen LogP contribution is 2.27. The summed E-state index contributed by atoms with van der Waals surface area (Å²) in [5.74, 6) is 0.348. The second kappa shape index (κ2) is 9.29. The number of nitrogens with zero attached hydrogens (tertiary/aromatic N) is 2. The molecule has 0 bridgehead atoms.